The second-order valence-electron chi connectivity index (χ2n) is 4.19. The molecule has 0 atom stereocenters. The van der Waals surface area contributed by atoms with E-state index in [0.29, 0.717) is 15.7 Å². The molecule has 2 aromatic carbocycles. The number of nitrogens with one attached hydrogen (secondary N) is 1. The number of hydrogen-bond donors (Lipinski definition) is 2. The minimum Gasteiger partial charge on any atom is -0.389 e. The first kappa shape index (κ1) is 15.8. The van der Waals surface area contributed by atoms with Crippen molar-refractivity contribution in [3.63, 3.8) is 0 Å². The first-order valence-corrected chi connectivity index (χ1v) is 7.02. The molecule has 0 aliphatic heterocycles. The van der Waals surface area contributed by atoms with E-state index in [1.807, 2.05) is 0 Å². The van der Waals surface area contributed by atoms with E-state index < -0.39 is 11.7 Å². The Balaban J connectivity index is 2.50. The van der Waals surface area contributed by atoms with Gasteiger partial charge in [0.05, 0.1) is 11.3 Å². The highest BCUT2D eigenvalue weighted by atomic mass is 79.9. The lowest BCUT2D eigenvalue weighted by Gasteiger charge is -2.17. The van der Waals surface area contributed by atoms with E-state index in [1.165, 1.54) is 18.2 Å². The first-order chi connectivity index (χ1) is 9.80. The van der Waals surface area contributed by atoms with E-state index in [4.69, 9.17) is 18.0 Å². The summed E-state index contributed by atoms with van der Waals surface area (Å²) in [7, 11) is 0. The topological polar surface area (TPSA) is 38.0 Å². The fraction of sp³-hybridized carbons (Fsp3) is 0.0714. The van der Waals surface area contributed by atoms with Gasteiger partial charge in [0.25, 0.3) is 0 Å². The van der Waals surface area contributed by atoms with E-state index in [9.17, 15) is 13.2 Å². The molecule has 0 bridgehead atoms. The van der Waals surface area contributed by atoms with Crippen LogP contribution in [0.5, 0.6) is 0 Å². The van der Waals surface area contributed by atoms with Gasteiger partial charge in [0.15, 0.2) is 0 Å². The molecule has 0 aliphatic carbocycles. The number of benzene rings is 2. The van der Waals surface area contributed by atoms with Crippen LogP contribution in [-0.2, 0) is 6.18 Å². The predicted molar refractivity (Wildman–Crippen MR) is 84.8 cm³/mol. The van der Waals surface area contributed by atoms with Gasteiger partial charge in [-0.15, -0.1) is 0 Å². The number of rotatable bonds is 3. The van der Waals surface area contributed by atoms with E-state index in [0.717, 1.165) is 6.07 Å². The number of nitrogens with two attached hydrogens (primary N) is 1. The Kier molecular flexibility index (Phi) is 4.53. The number of hydrogen-bond acceptors (Lipinski definition) is 2. The molecule has 2 nitrogen and oxygen atoms in total. The molecule has 0 saturated carbocycles. The molecule has 0 unspecified atom stereocenters. The molecular formula is C14H10BrF3N2S. The van der Waals surface area contributed by atoms with Crippen molar-refractivity contribution in [1.29, 1.82) is 0 Å². The van der Waals surface area contributed by atoms with Gasteiger partial charge >= 0.3 is 6.18 Å². The highest BCUT2D eigenvalue weighted by molar-refractivity contribution is 9.10. The zero-order valence-corrected chi connectivity index (χ0v) is 12.9. The summed E-state index contributed by atoms with van der Waals surface area (Å²) in [5.74, 6) is 0. The second-order valence-corrected chi connectivity index (χ2v) is 5.49. The Labute approximate surface area is 133 Å². The van der Waals surface area contributed by atoms with Crippen LogP contribution in [-0.4, -0.2) is 4.99 Å². The molecule has 0 amide bonds. The maximum atomic E-state index is 13.0. The zero-order valence-electron chi connectivity index (χ0n) is 10.5. The average molecular weight is 375 g/mol. The number of halogens is 4. The van der Waals surface area contributed by atoms with Crippen LogP contribution in [0.2, 0.25) is 0 Å². The van der Waals surface area contributed by atoms with Crippen LogP contribution in [0.4, 0.5) is 24.5 Å². The van der Waals surface area contributed by atoms with E-state index in [-0.39, 0.29) is 10.7 Å². The maximum Gasteiger partial charge on any atom is 0.418 e. The molecular weight excluding hydrogens is 365 g/mol. The fourth-order valence-corrected chi connectivity index (χ4v) is 2.79. The summed E-state index contributed by atoms with van der Waals surface area (Å²) in [6.45, 7) is 0. The Hall–Kier alpha value is -1.60. The second kappa shape index (κ2) is 6.03. The molecule has 7 heteroatoms. The van der Waals surface area contributed by atoms with Gasteiger partial charge in [0.1, 0.15) is 4.99 Å². The third kappa shape index (κ3) is 3.54. The van der Waals surface area contributed by atoms with E-state index in [1.54, 1.807) is 18.2 Å². The lowest BCUT2D eigenvalue weighted by molar-refractivity contribution is -0.136. The highest BCUT2D eigenvalue weighted by Gasteiger charge is 2.33. The molecule has 110 valence electrons. The Bertz CT molecular complexity index is 686. The summed E-state index contributed by atoms with van der Waals surface area (Å²) in [6, 6.07) is 10.2. The smallest absolute Gasteiger partial charge is 0.389 e. The monoisotopic (exact) mass is 374 g/mol. The molecule has 0 fully saturated rings. The van der Waals surface area contributed by atoms with Gasteiger partial charge in [-0.1, -0.05) is 30.4 Å². The minimum absolute atomic E-state index is 0.0550. The molecule has 21 heavy (non-hydrogen) atoms. The highest BCUT2D eigenvalue weighted by Crippen LogP contribution is 2.37. The summed E-state index contributed by atoms with van der Waals surface area (Å²) >= 11 is 8.23. The van der Waals surface area contributed by atoms with E-state index >= 15 is 0 Å². The third-order valence-corrected chi connectivity index (χ3v) is 3.63. The van der Waals surface area contributed by atoms with Gasteiger partial charge < -0.3 is 11.1 Å². The van der Waals surface area contributed by atoms with Gasteiger partial charge in [0, 0.05) is 15.7 Å². The minimum atomic E-state index is -4.45. The average Bonchev–Trinajstić information content (AvgIpc) is 2.37. The van der Waals surface area contributed by atoms with Crippen molar-refractivity contribution in [2.75, 3.05) is 5.32 Å². The summed E-state index contributed by atoms with van der Waals surface area (Å²) in [6.07, 6.45) is -4.45. The maximum absolute atomic E-state index is 13.0. The Morgan fingerprint density at radius 2 is 1.67 bits per heavy atom. The molecule has 0 saturated heterocycles. The lowest BCUT2D eigenvalue weighted by Crippen LogP contribution is -2.14. The number of thiocarbonyl (C=S) groups is 1. The van der Waals surface area contributed by atoms with Crippen LogP contribution >= 0.6 is 28.1 Å². The van der Waals surface area contributed by atoms with E-state index in [2.05, 4.69) is 21.2 Å². The van der Waals surface area contributed by atoms with Crippen LogP contribution < -0.4 is 11.1 Å². The van der Waals surface area contributed by atoms with Crippen molar-refractivity contribution >= 4 is 44.5 Å². The molecule has 2 aromatic rings. The quantitative estimate of drug-likeness (QED) is 0.754. The summed E-state index contributed by atoms with van der Waals surface area (Å²) < 4.78 is 39.6. The molecule has 0 aliphatic rings. The molecule has 0 spiro atoms. The van der Waals surface area contributed by atoms with Crippen LogP contribution in [0, 0.1) is 0 Å². The van der Waals surface area contributed by atoms with Crippen molar-refractivity contribution in [1.82, 2.24) is 0 Å². The third-order valence-electron chi connectivity index (χ3n) is 2.76. The molecule has 0 heterocycles. The summed E-state index contributed by atoms with van der Waals surface area (Å²) in [4.78, 5) is 0.0921. The van der Waals surface area contributed by atoms with Gasteiger partial charge in [-0.2, -0.15) is 13.2 Å². The molecule has 3 N–H and O–H groups in total. The molecule has 0 aromatic heterocycles. The van der Waals surface area contributed by atoms with Gasteiger partial charge in [0.2, 0.25) is 0 Å². The van der Waals surface area contributed by atoms with Gasteiger partial charge in [-0.05, 0) is 40.2 Å². The fourth-order valence-electron chi connectivity index (χ4n) is 1.86. The molecule has 2 rings (SSSR count). The largest absolute Gasteiger partial charge is 0.418 e. The van der Waals surface area contributed by atoms with Crippen molar-refractivity contribution in [2.24, 2.45) is 5.73 Å². The number of para-hydroxylation sites is 1. The van der Waals surface area contributed by atoms with Crippen molar-refractivity contribution < 1.29 is 13.2 Å². The summed E-state index contributed by atoms with van der Waals surface area (Å²) in [5.41, 5.74) is 5.70. The molecule has 0 radical (unpaired) electrons. The standard InChI is InChI=1S/C14H10BrF3N2S/c15-9-5-3-7-11(12(9)13(19)21)20-10-6-2-1-4-8(10)14(16,17)18/h1-7,20H,(H2,19,21). The Morgan fingerprint density at radius 3 is 2.29 bits per heavy atom. The summed E-state index contributed by atoms with van der Waals surface area (Å²) in [5, 5.41) is 2.75. The van der Waals surface area contributed by atoms with Crippen LogP contribution in [0.3, 0.4) is 0 Å². The van der Waals surface area contributed by atoms with Crippen LogP contribution in [0.15, 0.2) is 46.9 Å². The van der Waals surface area contributed by atoms with Crippen LogP contribution in [0.25, 0.3) is 0 Å². The van der Waals surface area contributed by atoms with Crippen molar-refractivity contribution in [3.05, 3.63) is 58.1 Å². The van der Waals surface area contributed by atoms with Crippen molar-refractivity contribution in [3.8, 4) is 0 Å². The Morgan fingerprint density at radius 1 is 1.05 bits per heavy atom. The van der Waals surface area contributed by atoms with Gasteiger partial charge in [-0.3, -0.25) is 0 Å². The predicted octanol–water partition coefficient (Wildman–Crippen LogP) is 4.85. The SMILES string of the molecule is NC(=S)c1c(Br)cccc1Nc1ccccc1C(F)(F)F. The van der Waals surface area contributed by atoms with Gasteiger partial charge in [-0.25, -0.2) is 0 Å². The van der Waals surface area contributed by atoms with Crippen molar-refractivity contribution in [2.45, 2.75) is 6.18 Å². The van der Waals surface area contributed by atoms with Crippen LogP contribution in [0.1, 0.15) is 11.1 Å². The number of anilines is 2. The first-order valence-electron chi connectivity index (χ1n) is 5.82. The normalized spacial score (nSPS) is 11.2. The number of alkyl halides is 3. The zero-order chi connectivity index (χ0) is 15.6. The lowest BCUT2D eigenvalue weighted by atomic mass is 10.1.